The van der Waals surface area contributed by atoms with Crippen LogP contribution in [0, 0.1) is 0 Å². The largest absolute Gasteiger partial charge is 0.338 e. The van der Waals surface area contributed by atoms with Crippen LogP contribution in [0.5, 0.6) is 0 Å². The Bertz CT molecular complexity index is 237. The summed E-state index contributed by atoms with van der Waals surface area (Å²) >= 11 is 0. The van der Waals surface area contributed by atoms with Crippen LogP contribution in [-0.2, 0) is 0 Å². The Balaban J connectivity index is 2.80. The van der Waals surface area contributed by atoms with E-state index in [0.717, 1.165) is 25.8 Å². The van der Waals surface area contributed by atoms with Gasteiger partial charge in [-0.15, -0.1) is 0 Å². The molecule has 1 fully saturated rings. The smallest absolute Gasteiger partial charge is 0.317 e. The number of carbonyl (C=O) groups is 1. The molecule has 0 saturated heterocycles. The van der Waals surface area contributed by atoms with E-state index in [-0.39, 0.29) is 11.6 Å². The highest BCUT2D eigenvalue weighted by Crippen LogP contribution is 2.33. The first-order valence-electron chi connectivity index (χ1n) is 6.95. The van der Waals surface area contributed by atoms with Gasteiger partial charge in [0.2, 0.25) is 0 Å². The monoisotopic (exact) mass is 241 g/mol. The minimum absolute atomic E-state index is 0.0571. The van der Waals surface area contributed by atoms with E-state index in [4.69, 9.17) is 5.73 Å². The maximum atomic E-state index is 12.2. The van der Waals surface area contributed by atoms with Crippen LogP contribution >= 0.6 is 0 Å². The van der Waals surface area contributed by atoms with Crippen molar-refractivity contribution in [1.82, 2.24) is 10.2 Å². The fourth-order valence-corrected chi connectivity index (χ4v) is 2.82. The molecule has 3 N–H and O–H groups in total. The topological polar surface area (TPSA) is 58.4 Å². The molecule has 0 aliphatic heterocycles. The summed E-state index contributed by atoms with van der Waals surface area (Å²) in [4.78, 5) is 14.2. The van der Waals surface area contributed by atoms with Crippen molar-refractivity contribution in [3.8, 4) is 0 Å². The molecule has 0 heterocycles. The third kappa shape index (κ3) is 3.35. The van der Waals surface area contributed by atoms with E-state index in [1.807, 2.05) is 11.8 Å². The van der Waals surface area contributed by atoms with Gasteiger partial charge in [-0.2, -0.15) is 0 Å². The number of urea groups is 1. The van der Waals surface area contributed by atoms with E-state index in [2.05, 4.69) is 12.2 Å². The van der Waals surface area contributed by atoms with Crippen LogP contribution in [0.4, 0.5) is 4.79 Å². The number of carbonyl (C=O) groups excluding carboxylic acids is 1. The third-order valence-corrected chi connectivity index (χ3v) is 3.76. The lowest BCUT2D eigenvalue weighted by atomic mass is 9.80. The van der Waals surface area contributed by atoms with Crippen molar-refractivity contribution >= 4 is 6.03 Å². The summed E-state index contributed by atoms with van der Waals surface area (Å²) in [7, 11) is 0. The summed E-state index contributed by atoms with van der Waals surface area (Å²) in [6, 6.07) is 0.0571. The molecule has 100 valence electrons. The van der Waals surface area contributed by atoms with Crippen LogP contribution in [-0.4, -0.2) is 36.1 Å². The van der Waals surface area contributed by atoms with Crippen LogP contribution in [0.15, 0.2) is 0 Å². The highest BCUT2D eigenvalue weighted by Gasteiger charge is 2.38. The summed E-state index contributed by atoms with van der Waals surface area (Å²) < 4.78 is 0. The number of nitrogens with two attached hydrogens (primary N) is 1. The minimum Gasteiger partial charge on any atom is -0.338 e. The summed E-state index contributed by atoms with van der Waals surface area (Å²) in [5, 5.41) is 2.92. The molecule has 2 amide bonds. The second-order valence-corrected chi connectivity index (χ2v) is 4.98. The van der Waals surface area contributed by atoms with Crippen molar-refractivity contribution < 1.29 is 4.79 Å². The van der Waals surface area contributed by atoms with Gasteiger partial charge in [0.15, 0.2) is 0 Å². The van der Waals surface area contributed by atoms with E-state index in [0.29, 0.717) is 13.1 Å². The number of rotatable bonds is 5. The molecular formula is C13H27N3O. The Morgan fingerprint density at radius 1 is 1.29 bits per heavy atom. The normalized spacial score (nSPS) is 18.8. The van der Waals surface area contributed by atoms with Gasteiger partial charge in [0.05, 0.1) is 5.54 Å². The molecule has 0 spiro atoms. The highest BCUT2D eigenvalue weighted by atomic mass is 16.2. The maximum Gasteiger partial charge on any atom is 0.317 e. The fraction of sp³-hybridized carbons (Fsp3) is 0.923. The lowest BCUT2D eigenvalue weighted by Gasteiger charge is -2.45. The Kier molecular flexibility index (Phi) is 5.75. The summed E-state index contributed by atoms with van der Waals surface area (Å²) in [6.07, 6.45) is 6.75. The lowest BCUT2D eigenvalue weighted by molar-refractivity contribution is 0.0837. The van der Waals surface area contributed by atoms with Gasteiger partial charge in [-0.05, 0) is 26.2 Å². The molecule has 4 nitrogen and oxygen atoms in total. The molecule has 0 aromatic carbocycles. The first kappa shape index (κ1) is 14.3. The molecule has 0 radical (unpaired) electrons. The number of hydrogen-bond donors (Lipinski definition) is 2. The fourth-order valence-electron chi connectivity index (χ4n) is 2.82. The average molecular weight is 241 g/mol. The molecule has 0 atom stereocenters. The Hall–Kier alpha value is -0.770. The molecule has 0 aromatic heterocycles. The molecule has 0 bridgehead atoms. The predicted molar refractivity (Wildman–Crippen MR) is 70.9 cm³/mol. The Morgan fingerprint density at radius 2 is 1.94 bits per heavy atom. The second kappa shape index (κ2) is 6.84. The molecule has 1 aliphatic carbocycles. The highest BCUT2D eigenvalue weighted by molar-refractivity contribution is 5.75. The Labute approximate surface area is 105 Å². The van der Waals surface area contributed by atoms with Crippen LogP contribution in [0.1, 0.15) is 52.4 Å². The van der Waals surface area contributed by atoms with Crippen molar-refractivity contribution in [3.63, 3.8) is 0 Å². The third-order valence-electron chi connectivity index (χ3n) is 3.76. The van der Waals surface area contributed by atoms with E-state index >= 15 is 0 Å². The van der Waals surface area contributed by atoms with Crippen molar-refractivity contribution in [1.29, 1.82) is 0 Å². The first-order chi connectivity index (χ1) is 8.20. The van der Waals surface area contributed by atoms with Crippen LogP contribution in [0.3, 0.4) is 0 Å². The summed E-state index contributed by atoms with van der Waals surface area (Å²) in [5.74, 6) is 0. The molecule has 0 aromatic rings. The summed E-state index contributed by atoms with van der Waals surface area (Å²) in [6.45, 7) is 6.14. The number of nitrogens with one attached hydrogen (secondary N) is 1. The zero-order valence-electron chi connectivity index (χ0n) is 11.3. The average Bonchev–Trinajstić information content (AvgIpc) is 2.37. The summed E-state index contributed by atoms with van der Waals surface area (Å²) in [5.41, 5.74) is 5.89. The van der Waals surface area contributed by atoms with Crippen LogP contribution < -0.4 is 11.1 Å². The van der Waals surface area contributed by atoms with E-state index in [1.165, 1.54) is 19.3 Å². The van der Waals surface area contributed by atoms with Gasteiger partial charge < -0.3 is 16.0 Å². The van der Waals surface area contributed by atoms with Gasteiger partial charge in [-0.1, -0.05) is 26.2 Å². The van der Waals surface area contributed by atoms with Crippen molar-refractivity contribution in [3.05, 3.63) is 0 Å². The van der Waals surface area contributed by atoms with Gasteiger partial charge >= 0.3 is 6.03 Å². The van der Waals surface area contributed by atoms with E-state index in [1.54, 1.807) is 0 Å². The van der Waals surface area contributed by atoms with Crippen molar-refractivity contribution in [2.24, 2.45) is 5.73 Å². The molecule has 1 rings (SSSR count). The predicted octanol–water partition coefficient (Wildman–Crippen LogP) is 2.09. The SMILES string of the molecule is CCCN(C(=O)NCC)C1(CN)CCCCC1. The molecule has 4 heteroatoms. The van der Waals surface area contributed by atoms with Gasteiger partial charge in [0.25, 0.3) is 0 Å². The van der Waals surface area contributed by atoms with Crippen molar-refractivity contribution in [2.45, 2.75) is 57.9 Å². The number of nitrogens with zero attached hydrogens (tertiary/aromatic N) is 1. The lowest BCUT2D eigenvalue weighted by Crippen LogP contribution is -2.59. The van der Waals surface area contributed by atoms with E-state index in [9.17, 15) is 4.79 Å². The number of hydrogen-bond acceptors (Lipinski definition) is 2. The van der Waals surface area contributed by atoms with Crippen LogP contribution in [0.2, 0.25) is 0 Å². The zero-order valence-corrected chi connectivity index (χ0v) is 11.3. The maximum absolute atomic E-state index is 12.2. The number of amides is 2. The van der Waals surface area contributed by atoms with Crippen molar-refractivity contribution in [2.75, 3.05) is 19.6 Å². The van der Waals surface area contributed by atoms with Gasteiger partial charge in [0.1, 0.15) is 0 Å². The standard InChI is InChI=1S/C13H27N3O/c1-3-10-16(12(17)15-4-2)13(11-14)8-6-5-7-9-13/h3-11,14H2,1-2H3,(H,15,17). The molecule has 1 aliphatic rings. The second-order valence-electron chi connectivity index (χ2n) is 4.98. The Morgan fingerprint density at radius 3 is 2.41 bits per heavy atom. The molecule has 1 saturated carbocycles. The van der Waals surface area contributed by atoms with Gasteiger partial charge in [-0.25, -0.2) is 4.79 Å². The van der Waals surface area contributed by atoms with Gasteiger partial charge in [-0.3, -0.25) is 0 Å². The molecular weight excluding hydrogens is 214 g/mol. The van der Waals surface area contributed by atoms with Gasteiger partial charge in [0, 0.05) is 19.6 Å². The first-order valence-corrected chi connectivity index (χ1v) is 6.95. The van der Waals surface area contributed by atoms with E-state index < -0.39 is 0 Å². The minimum atomic E-state index is -0.0898. The molecule has 0 unspecified atom stereocenters. The van der Waals surface area contributed by atoms with Crippen LogP contribution in [0.25, 0.3) is 0 Å². The molecule has 17 heavy (non-hydrogen) atoms. The quantitative estimate of drug-likeness (QED) is 0.774. The zero-order chi connectivity index (χ0) is 12.7.